The van der Waals surface area contributed by atoms with Crippen molar-refractivity contribution >= 4 is 39.3 Å². The Morgan fingerprint density at radius 2 is 1.95 bits per heavy atom. The fraction of sp³-hybridized carbons (Fsp3) is 0.200. The van der Waals surface area contributed by atoms with E-state index < -0.39 is 17.1 Å². The van der Waals surface area contributed by atoms with E-state index in [0.29, 0.717) is 4.78 Å². The number of nitrogens with zero attached hydrogens (tertiary/aromatic N) is 1. The van der Waals surface area contributed by atoms with Crippen LogP contribution in [0.1, 0.15) is 22.9 Å². The molecule has 3 rings (SSSR count). The first-order valence-corrected chi connectivity index (χ1v) is 9.28. The molecule has 22 heavy (non-hydrogen) atoms. The Balaban J connectivity index is 2.00. The van der Waals surface area contributed by atoms with Gasteiger partial charge >= 0.3 is 7.05 Å². The summed E-state index contributed by atoms with van der Waals surface area (Å²) in [6.07, 6.45) is 4.04. The number of fused-ring (bicyclic) bond motifs is 1. The van der Waals surface area contributed by atoms with E-state index in [1.807, 2.05) is 19.9 Å². The molecule has 0 fully saturated rings. The summed E-state index contributed by atoms with van der Waals surface area (Å²) in [4.78, 5) is 1.31. The van der Waals surface area contributed by atoms with Crippen molar-refractivity contribution in [2.75, 3.05) is 0 Å². The molecule has 0 amide bonds. The average Bonchev–Trinajstić information content (AvgIpc) is 2.92. The van der Waals surface area contributed by atoms with Crippen molar-refractivity contribution in [1.29, 1.82) is 0 Å². The van der Waals surface area contributed by atoms with E-state index in [9.17, 15) is 13.4 Å². The van der Waals surface area contributed by atoms with Crippen molar-refractivity contribution in [3.63, 3.8) is 0 Å². The Bertz CT molecular complexity index is 825. The molecule has 2 aromatic rings. The number of hydrogen-bond acceptors (Lipinski definition) is 4. The molecule has 1 aliphatic heterocycles. The zero-order valence-corrected chi connectivity index (χ0v) is 14.0. The lowest BCUT2D eigenvalue weighted by Crippen LogP contribution is -2.49. The van der Waals surface area contributed by atoms with Crippen molar-refractivity contribution < 1.29 is 13.4 Å². The van der Waals surface area contributed by atoms with Crippen LogP contribution in [-0.2, 0) is 16.4 Å². The van der Waals surface area contributed by atoms with Gasteiger partial charge in [0.25, 0.3) is 10.0 Å². The number of hydrogen-bond donors (Lipinski definition) is 1. The number of sulfonamides is 1. The molecular weight excluding hydrogens is 317 g/mol. The van der Waals surface area contributed by atoms with Gasteiger partial charge in [-0.15, -0.1) is 11.3 Å². The van der Waals surface area contributed by atoms with Crippen LogP contribution in [0.3, 0.4) is 0 Å². The van der Waals surface area contributed by atoms with E-state index in [0.717, 1.165) is 26.6 Å². The third-order valence-corrected chi connectivity index (χ3v) is 6.74. The first kappa shape index (κ1) is 15.3. The highest BCUT2D eigenvalue weighted by molar-refractivity contribution is 7.90. The molecule has 0 saturated carbocycles. The van der Waals surface area contributed by atoms with Gasteiger partial charge < -0.3 is 5.02 Å². The van der Waals surface area contributed by atoms with Gasteiger partial charge in [0.05, 0.1) is 4.90 Å². The minimum Gasteiger partial charge on any atom is -0.427 e. The zero-order chi connectivity index (χ0) is 15.9. The second kappa shape index (κ2) is 5.57. The van der Waals surface area contributed by atoms with Gasteiger partial charge in [0.2, 0.25) is 0 Å². The molecule has 1 aliphatic rings. The minimum absolute atomic E-state index is 0.178. The van der Waals surface area contributed by atoms with E-state index in [1.165, 1.54) is 17.5 Å². The van der Waals surface area contributed by atoms with Crippen LogP contribution in [0.2, 0.25) is 0 Å². The fourth-order valence-electron chi connectivity index (χ4n) is 2.37. The van der Waals surface area contributed by atoms with Crippen LogP contribution < -0.4 is 4.78 Å². The van der Waals surface area contributed by atoms with Crippen LogP contribution in [0, 0.1) is 6.92 Å². The normalized spacial score (nSPS) is 14.3. The first-order chi connectivity index (χ1) is 10.4. The molecule has 0 atom stereocenters. The summed E-state index contributed by atoms with van der Waals surface area (Å²) in [5.41, 5.74) is 1.88. The third-order valence-electron chi connectivity index (χ3n) is 3.66. The molecule has 0 bridgehead atoms. The maximum absolute atomic E-state index is 12.7. The number of rotatable bonds is 3. The summed E-state index contributed by atoms with van der Waals surface area (Å²) >= 11 is 1.45. The lowest BCUT2D eigenvalue weighted by molar-refractivity contribution is 0.512. The van der Waals surface area contributed by atoms with Gasteiger partial charge in [-0.25, -0.2) is 8.42 Å². The smallest absolute Gasteiger partial charge is 0.427 e. The predicted octanol–water partition coefficient (Wildman–Crippen LogP) is 1.98. The molecule has 1 N–H and O–H groups in total. The fourth-order valence-corrected chi connectivity index (χ4v) is 4.83. The molecule has 0 aliphatic carbocycles. The second-order valence-corrected chi connectivity index (χ2v) is 8.23. The van der Waals surface area contributed by atoms with Crippen molar-refractivity contribution in [3.05, 3.63) is 52.5 Å². The third kappa shape index (κ3) is 2.49. The van der Waals surface area contributed by atoms with Crippen LogP contribution in [-0.4, -0.2) is 24.7 Å². The summed E-state index contributed by atoms with van der Waals surface area (Å²) < 4.78 is 27.1. The molecule has 1 aromatic carbocycles. The lowest BCUT2D eigenvalue weighted by atomic mass is 9.77. The summed E-state index contributed by atoms with van der Waals surface area (Å²) in [6, 6.07) is 8.62. The van der Waals surface area contributed by atoms with E-state index in [1.54, 1.807) is 30.3 Å². The summed E-state index contributed by atoms with van der Waals surface area (Å²) in [6.45, 7) is 3.93. The van der Waals surface area contributed by atoms with E-state index >= 15 is 0 Å². The maximum Gasteiger partial charge on any atom is 0.474 e. The first-order valence-electron chi connectivity index (χ1n) is 7.02. The molecule has 7 heteroatoms. The van der Waals surface area contributed by atoms with Crippen LogP contribution in [0.15, 0.2) is 41.4 Å². The SMILES string of the molecule is CCc1cc2c(s1)B(O)N(S(=O)(=O)c1ccc(C)cc1)C=C2. The van der Waals surface area contributed by atoms with Gasteiger partial charge in [-0.2, -0.15) is 0 Å². The highest BCUT2D eigenvalue weighted by Gasteiger charge is 2.37. The van der Waals surface area contributed by atoms with Crippen molar-refractivity contribution in [2.24, 2.45) is 0 Å². The molecular formula is C15H16BNO3S2. The van der Waals surface area contributed by atoms with Gasteiger partial charge in [-0.3, -0.25) is 4.22 Å². The van der Waals surface area contributed by atoms with E-state index in [2.05, 4.69) is 0 Å². The Hall–Kier alpha value is -1.57. The van der Waals surface area contributed by atoms with Crippen molar-refractivity contribution in [3.8, 4) is 0 Å². The Morgan fingerprint density at radius 3 is 2.59 bits per heavy atom. The summed E-state index contributed by atoms with van der Waals surface area (Å²) in [5, 5.41) is 10.5. The topological polar surface area (TPSA) is 57.6 Å². The van der Waals surface area contributed by atoms with Gasteiger partial charge in [0, 0.05) is 15.9 Å². The van der Waals surface area contributed by atoms with Crippen LogP contribution in [0.5, 0.6) is 0 Å². The Morgan fingerprint density at radius 1 is 1.27 bits per heavy atom. The van der Waals surface area contributed by atoms with Gasteiger partial charge in [-0.1, -0.05) is 24.6 Å². The van der Waals surface area contributed by atoms with Crippen molar-refractivity contribution in [2.45, 2.75) is 25.2 Å². The van der Waals surface area contributed by atoms with Gasteiger partial charge in [-0.05, 0) is 43.2 Å². The maximum atomic E-state index is 12.7. The van der Waals surface area contributed by atoms with Gasteiger partial charge in [0.15, 0.2) is 0 Å². The minimum atomic E-state index is -3.76. The molecule has 0 spiro atoms. The number of aryl methyl sites for hydroxylation is 2. The molecule has 114 valence electrons. The van der Waals surface area contributed by atoms with E-state index in [4.69, 9.17) is 0 Å². The van der Waals surface area contributed by atoms with E-state index in [-0.39, 0.29) is 4.90 Å². The zero-order valence-electron chi connectivity index (χ0n) is 12.4. The predicted molar refractivity (Wildman–Crippen MR) is 90.5 cm³/mol. The lowest BCUT2D eigenvalue weighted by Gasteiger charge is -2.25. The Labute approximate surface area is 134 Å². The summed E-state index contributed by atoms with van der Waals surface area (Å²) in [5.74, 6) is 0. The Kier molecular flexibility index (Phi) is 3.88. The van der Waals surface area contributed by atoms with Crippen LogP contribution >= 0.6 is 11.3 Å². The highest BCUT2D eigenvalue weighted by atomic mass is 32.2. The van der Waals surface area contributed by atoms with Crippen LogP contribution in [0.25, 0.3) is 6.08 Å². The molecule has 0 radical (unpaired) electrons. The number of thiophene rings is 1. The standard InChI is InChI=1S/C15H16BNO3S2/c1-3-13-10-12-8-9-17(16(18)15(12)21-13)22(19,20)14-6-4-11(2)5-7-14/h4-10,18H,3H2,1-2H3. The number of benzene rings is 1. The summed E-state index contributed by atoms with van der Waals surface area (Å²) in [7, 11) is -4.93. The molecule has 2 heterocycles. The molecule has 1 aromatic heterocycles. The van der Waals surface area contributed by atoms with Gasteiger partial charge in [0.1, 0.15) is 0 Å². The second-order valence-electron chi connectivity index (χ2n) is 5.22. The molecule has 0 unspecified atom stereocenters. The molecule has 0 saturated heterocycles. The average molecular weight is 333 g/mol. The van der Waals surface area contributed by atoms with Crippen LogP contribution in [0.4, 0.5) is 0 Å². The molecule has 4 nitrogen and oxygen atoms in total. The quantitative estimate of drug-likeness (QED) is 0.874. The monoisotopic (exact) mass is 333 g/mol. The largest absolute Gasteiger partial charge is 0.474 e. The highest BCUT2D eigenvalue weighted by Crippen LogP contribution is 2.25. The van der Waals surface area contributed by atoms with Crippen molar-refractivity contribution in [1.82, 2.24) is 4.22 Å².